The lowest BCUT2D eigenvalue weighted by atomic mass is 10.1. The van der Waals surface area contributed by atoms with Gasteiger partial charge >= 0.3 is 5.97 Å². The normalized spacial score (nSPS) is 15.5. The van der Waals surface area contributed by atoms with Crippen molar-refractivity contribution in [3.8, 4) is 0 Å². The Morgan fingerprint density at radius 3 is 1.92 bits per heavy atom. The van der Waals surface area contributed by atoms with Gasteiger partial charge in [-0.1, -0.05) is 67.7 Å². The summed E-state index contributed by atoms with van der Waals surface area (Å²) in [7, 11) is 0. The molecular formula is C20H30O4. The van der Waals surface area contributed by atoms with Gasteiger partial charge < -0.3 is 15.3 Å². The molecule has 0 aliphatic rings. The van der Waals surface area contributed by atoms with E-state index in [-0.39, 0.29) is 12.5 Å². The van der Waals surface area contributed by atoms with Crippen LogP contribution in [0, 0.1) is 0 Å². The predicted molar refractivity (Wildman–Crippen MR) is 98.7 cm³/mol. The molecule has 0 saturated carbocycles. The summed E-state index contributed by atoms with van der Waals surface area (Å²) in [5, 5.41) is 27.4. The van der Waals surface area contributed by atoms with E-state index in [1.165, 1.54) is 0 Å². The largest absolute Gasteiger partial charge is 0.481 e. The van der Waals surface area contributed by atoms with Crippen LogP contribution in [0.5, 0.6) is 0 Å². The lowest BCUT2D eigenvalue weighted by Crippen LogP contribution is -2.03. The molecule has 0 saturated heterocycles. The van der Waals surface area contributed by atoms with E-state index in [0.717, 1.165) is 19.3 Å². The zero-order valence-corrected chi connectivity index (χ0v) is 14.4. The van der Waals surface area contributed by atoms with Crippen LogP contribution in [0.3, 0.4) is 0 Å². The van der Waals surface area contributed by atoms with Crippen molar-refractivity contribution in [2.24, 2.45) is 0 Å². The summed E-state index contributed by atoms with van der Waals surface area (Å²) in [6.07, 6.45) is 21.5. The van der Waals surface area contributed by atoms with E-state index in [4.69, 9.17) is 5.11 Å². The minimum atomic E-state index is -0.831. The number of carbonyl (C=O) groups is 1. The van der Waals surface area contributed by atoms with Crippen LogP contribution in [0.2, 0.25) is 0 Å². The summed E-state index contributed by atoms with van der Waals surface area (Å²) < 4.78 is 0. The molecule has 0 radical (unpaired) electrons. The Morgan fingerprint density at radius 1 is 0.875 bits per heavy atom. The fraction of sp³-hybridized carbons (Fsp3) is 0.450. The molecule has 0 aromatic heterocycles. The zero-order chi connectivity index (χ0) is 18.0. The summed E-state index contributed by atoms with van der Waals surface area (Å²) in [4.78, 5) is 10.3. The van der Waals surface area contributed by atoms with E-state index >= 15 is 0 Å². The Kier molecular flexibility index (Phi) is 14.7. The zero-order valence-electron chi connectivity index (χ0n) is 14.4. The predicted octanol–water partition coefficient (Wildman–Crippen LogP) is 3.93. The maximum Gasteiger partial charge on any atom is 0.303 e. The molecule has 24 heavy (non-hydrogen) atoms. The van der Waals surface area contributed by atoms with Crippen LogP contribution in [-0.2, 0) is 4.79 Å². The van der Waals surface area contributed by atoms with Crippen molar-refractivity contribution < 1.29 is 20.1 Å². The van der Waals surface area contributed by atoms with E-state index in [0.29, 0.717) is 12.8 Å². The number of hydrogen-bond acceptors (Lipinski definition) is 3. The Labute approximate surface area is 145 Å². The van der Waals surface area contributed by atoms with Crippen LogP contribution in [0.1, 0.15) is 45.4 Å². The van der Waals surface area contributed by atoms with Gasteiger partial charge in [0.2, 0.25) is 0 Å². The molecule has 0 rings (SSSR count). The van der Waals surface area contributed by atoms with E-state index < -0.39 is 12.1 Å². The molecule has 0 fully saturated rings. The summed E-state index contributed by atoms with van der Waals surface area (Å²) in [6, 6.07) is 0. The van der Waals surface area contributed by atoms with Gasteiger partial charge in [0.1, 0.15) is 0 Å². The number of carboxylic acids is 1. The van der Waals surface area contributed by atoms with E-state index in [2.05, 4.69) is 12.2 Å². The monoisotopic (exact) mass is 334 g/mol. The molecule has 2 atom stereocenters. The maximum atomic E-state index is 10.3. The van der Waals surface area contributed by atoms with Crippen molar-refractivity contribution >= 4 is 5.97 Å². The molecule has 0 amide bonds. The van der Waals surface area contributed by atoms with Gasteiger partial charge in [0.25, 0.3) is 0 Å². The van der Waals surface area contributed by atoms with Gasteiger partial charge in [-0.25, -0.2) is 0 Å². The lowest BCUT2D eigenvalue weighted by Gasteiger charge is -2.02. The van der Waals surface area contributed by atoms with Crippen molar-refractivity contribution in [1.29, 1.82) is 0 Å². The molecule has 3 N–H and O–H groups in total. The first-order chi connectivity index (χ1) is 11.6. The molecule has 4 heteroatoms. The smallest absolute Gasteiger partial charge is 0.303 e. The lowest BCUT2D eigenvalue weighted by molar-refractivity contribution is -0.137. The SMILES string of the molecule is CCC(O)/C=C/C=C\C/C=C\C/C=C\C=C\[C@@H](O)CCCC(=O)O. The van der Waals surface area contributed by atoms with Crippen molar-refractivity contribution in [2.45, 2.75) is 57.7 Å². The quantitative estimate of drug-likeness (QED) is 0.352. The highest BCUT2D eigenvalue weighted by atomic mass is 16.4. The van der Waals surface area contributed by atoms with Crippen molar-refractivity contribution in [3.63, 3.8) is 0 Å². The van der Waals surface area contributed by atoms with Crippen LogP contribution in [-0.4, -0.2) is 33.5 Å². The topological polar surface area (TPSA) is 77.8 Å². The van der Waals surface area contributed by atoms with Gasteiger partial charge in [-0.3, -0.25) is 4.79 Å². The van der Waals surface area contributed by atoms with Crippen LogP contribution in [0.4, 0.5) is 0 Å². The van der Waals surface area contributed by atoms with Gasteiger partial charge in [0.05, 0.1) is 12.2 Å². The number of rotatable bonds is 13. The molecule has 1 unspecified atom stereocenters. The average molecular weight is 334 g/mol. The number of aliphatic hydroxyl groups excluding tert-OH is 2. The Bertz CT molecular complexity index is 458. The fourth-order valence-corrected chi connectivity index (χ4v) is 1.74. The number of aliphatic carboxylic acids is 1. The summed E-state index contributed by atoms with van der Waals surface area (Å²) in [5.74, 6) is -0.831. The minimum absolute atomic E-state index is 0.0922. The highest BCUT2D eigenvalue weighted by Gasteiger charge is 2.01. The van der Waals surface area contributed by atoms with Crippen LogP contribution < -0.4 is 0 Å². The van der Waals surface area contributed by atoms with E-state index in [1.54, 1.807) is 18.2 Å². The molecule has 0 spiro atoms. The maximum absolute atomic E-state index is 10.3. The second-order valence-corrected chi connectivity index (χ2v) is 5.40. The van der Waals surface area contributed by atoms with Crippen molar-refractivity contribution in [2.75, 3.05) is 0 Å². The molecule has 0 heterocycles. The van der Waals surface area contributed by atoms with Crippen LogP contribution in [0.25, 0.3) is 0 Å². The number of aliphatic hydroxyl groups is 2. The molecule has 4 nitrogen and oxygen atoms in total. The fourth-order valence-electron chi connectivity index (χ4n) is 1.74. The second-order valence-electron chi connectivity index (χ2n) is 5.40. The van der Waals surface area contributed by atoms with Gasteiger partial charge in [-0.05, 0) is 32.1 Å². The molecule has 134 valence electrons. The first kappa shape index (κ1) is 22.1. The highest BCUT2D eigenvalue weighted by Crippen LogP contribution is 2.02. The van der Waals surface area contributed by atoms with E-state index in [9.17, 15) is 15.0 Å². The van der Waals surface area contributed by atoms with Gasteiger partial charge in [-0.2, -0.15) is 0 Å². The molecule has 0 aromatic carbocycles. The first-order valence-electron chi connectivity index (χ1n) is 8.45. The number of hydrogen-bond donors (Lipinski definition) is 3. The average Bonchev–Trinajstić information content (AvgIpc) is 2.55. The first-order valence-corrected chi connectivity index (χ1v) is 8.45. The van der Waals surface area contributed by atoms with Crippen LogP contribution >= 0.6 is 0 Å². The minimum Gasteiger partial charge on any atom is -0.481 e. The molecule has 0 bridgehead atoms. The number of allylic oxidation sites excluding steroid dienone is 8. The van der Waals surface area contributed by atoms with Crippen LogP contribution in [0.15, 0.2) is 60.8 Å². The van der Waals surface area contributed by atoms with E-state index in [1.807, 2.05) is 37.3 Å². The Hall–Kier alpha value is -1.91. The highest BCUT2D eigenvalue weighted by molar-refractivity contribution is 5.66. The summed E-state index contributed by atoms with van der Waals surface area (Å²) in [6.45, 7) is 1.93. The standard InChI is InChI=1S/C20H30O4/c1-2-18(21)14-11-9-7-5-3-4-6-8-10-12-15-19(22)16-13-17-20(23)24/h3-4,7-12,14-15,18-19,21-22H,2,5-6,13,16-17H2,1H3,(H,23,24)/b4-3-,9-7-,10-8-,14-11+,15-12+/t18?,19-/m1/s1. The van der Waals surface area contributed by atoms with Gasteiger partial charge in [0.15, 0.2) is 0 Å². The molecule has 0 aromatic rings. The third-order valence-electron chi connectivity index (χ3n) is 3.18. The van der Waals surface area contributed by atoms with Crippen molar-refractivity contribution in [3.05, 3.63) is 60.8 Å². The van der Waals surface area contributed by atoms with Crippen molar-refractivity contribution in [1.82, 2.24) is 0 Å². The third-order valence-corrected chi connectivity index (χ3v) is 3.18. The molecule has 0 aliphatic heterocycles. The molecular weight excluding hydrogens is 304 g/mol. The Balaban J connectivity index is 3.73. The molecule has 0 aliphatic carbocycles. The second kappa shape index (κ2) is 16.0. The Morgan fingerprint density at radius 2 is 1.42 bits per heavy atom. The van der Waals surface area contributed by atoms with Gasteiger partial charge in [-0.15, -0.1) is 0 Å². The van der Waals surface area contributed by atoms with Gasteiger partial charge in [0, 0.05) is 6.42 Å². The summed E-state index contributed by atoms with van der Waals surface area (Å²) >= 11 is 0. The third kappa shape index (κ3) is 16.5. The number of carboxylic acid groups (broad SMARTS) is 1. The summed E-state index contributed by atoms with van der Waals surface area (Å²) in [5.41, 5.74) is 0.